The average Bonchev–Trinajstić information content (AvgIpc) is 2.67. The summed E-state index contributed by atoms with van der Waals surface area (Å²) in [5, 5.41) is -0.574. The Balaban J connectivity index is 2.33. The molecule has 24 heavy (non-hydrogen) atoms. The molecular weight excluding hydrogens is 346 g/mol. The van der Waals surface area contributed by atoms with Crippen molar-refractivity contribution in [3.63, 3.8) is 0 Å². The van der Waals surface area contributed by atoms with E-state index in [4.69, 9.17) is 11.6 Å². The molecule has 1 aromatic carbocycles. The van der Waals surface area contributed by atoms with Gasteiger partial charge in [-0.25, -0.2) is 4.39 Å². The van der Waals surface area contributed by atoms with Gasteiger partial charge in [0.2, 0.25) is 0 Å². The molecule has 3 rings (SSSR count). The van der Waals surface area contributed by atoms with E-state index < -0.39 is 28.6 Å². The van der Waals surface area contributed by atoms with Crippen LogP contribution in [0.25, 0.3) is 0 Å². The summed E-state index contributed by atoms with van der Waals surface area (Å²) in [5.74, 6) is -0.704. The largest absolute Gasteiger partial charge is 0.417 e. The molecule has 1 aromatic heterocycles. The van der Waals surface area contributed by atoms with Crippen LogP contribution in [0.2, 0.25) is 5.02 Å². The van der Waals surface area contributed by atoms with E-state index in [1.165, 1.54) is 24.5 Å². The summed E-state index contributed by atoms with van der Waals surface area (Å²) in [4.78, 5) is 12.3. The Morgan fingerprint density at radius 3 is 2.58 bits per heavy atom. The van der Waals surface area contributed by atoms with Crippen molar-refractivity contribution in [2.24, 2.45) is 9.98 Å². The summed E-state index contributed by atoms with van der Waals surface area (Å²) in [6.07, 6.45) is -1.86. The molecule has 124 valence electrons. The SMILES string of the molecule is CC1C=Nc2ccc(C(F)(F)F)c(Cl)c2C(c2ncccc2F)=N1. The highest BCUT2D eigenvalue weighted by molar-refractivity contribution is 6.37. The standard InChI is InChI=1S/C16H10ClF4N3/c1-8-7-23-11-5-4-9(16(19,20)21)13(17)12(11)15(24-8)14-10(18)3-2-6-22-14/h2-8H,1H3. The van der Waals surface area contributed by atoms with E-state index in [0.29, 0.717) is 0 Å². The van der Waals surface area contributed by atoms with E-state index in [2.05, 4.69) is 15.0 Å². The van der Waals surface area contributed by atoms with E-state index in [-0.39, 0.29) is 22.7 Å². The number of aliphatic imine (C=N–C) groups is 2. The third-order valence-electron chi connectivity index (χ3n) is 3.41. The van der Waals surface area contributed by atoms with Gasteiger partial charge in [-0.15, -0.1) is 0 Å². The Morgan fingerprint density at radius 1 is 1.17 bits per heavy atom. The number of rotatable bonds is 1. The zero-order chi connectivity index (χ0) is 17.5. The van der Waals surface area contributed by atoms with Crippen LogP contribution < -0.4 is 0 Å². The van der Waals surface area contributed by atoms with Gasteiger partial charge in [-0.2, -0.15) is 13.2 Å². The normalized spacial score (nSPS) is 17.2. The molecule has 0 fully saturated rings. The molecule has 0 saturated carbocycles. The molecule has 0 amide bonds. The molecule has 0 saturated heterocycles. The summed E-state index contributed by atoms with van der Waals surface area (Å²) in [6, 6.07) is 4.10. The number of halogens is 5. The summed E-state index contributed by atoms with van der Waals surface area (Å²) in [6.45, 7) is 1.68. The van der Waals surface area contributed by atoms with Crippen LogP contribution in [0.15, 0.2) is 40.4 Å². The Labute approximate surface area is 139 Å². The van der Waals surface area contributed by atoms with Gasteiger partial charge in [0.05, 0.1) is 28.0 Å². The van der Waals surface area contributed by atoms with Crippen LogP contribution in [0, 0.1) is 5.82 Å². The van der Waals surface area contributed by atoms with Gasteiger partial charge in [0.15, 0.2) is 5.82 Å². The van der Waals surface area contributed by atoms with Gasteiger partial charge >= 0.3 is 6.18 Å². The van der Waals surface area contributed by atoms with Crippen molar-refractivity contribution in [1.82, 2.24) is 4.98 Å². The zero-order valence-corrected chi connectivity index (χ0v) is 13.0. The third kappa shape index (κ3) is 2.91. The summed E-state index contributed by atoms with van der Waals surface area (Å²) in [7, 11) is 0. The predicted octanol–water partition coefficient (Wildman–Crippen LogP) is 4.83. The highest BCUT2D eigenvalue weighted by Crippen LogP contribution is 2.41. The van der Waals surface area contributed by atoms with Crippen molar-refractivity contribution in [2.45, 2.75) is 19.1 Å². The first kappa shape index (κ1) is 16.6. The molecule has 1 aliphatic rings. The van der Waals surface area contributed by atoms with Crippen LogP contribution >= 0.6 is 11.6 Å². The Morgan fingerprint density at radius 2 is 1.92 bits per heavy atom. The molecule has 3 nitrogen and oxygen atoms in total. The van der Waals surface area contributed by atoms with Gasteiger partial charge in [-0.1, -0.05) is 11.6 Å². The monoisotopic (exact) mass is 355 g/mol. The lowest BCUT2D eigenvalue weighted by atomic mass is 10.0. The van der Waals surface area contributed by atoms with E-state index in [1.807, 2.05) is 0 Å². The molecule has 1 aliphatic heterocycles. The second-order valence-corrected chi connectivity index (χ2v) is 5.53. The maximum absolute atomic E-state index is 14.1. The van der Waals surface area contributed by atoms with E-state index in [0.717, 1.165) is 12.1 Å². The minimum absolute atomic E-state index is 0.0517. The molecule has 0 spiro atoms. The minimum atomic E-state index is -4.65. The Kier molecular flexibility index (Phi) is 4.13. The summed E-state index contributed by atoms with van der Waals surface area (Å²) < 4.78 is 53.6. The van der Waals surface area contributed by atoms with Crippen molar-refractivity contribution in [2.75, 3.05) is 0 Å². The van der Waals surface area contributed by atoms with Gasteiger partial charge in [0.25, 0.3) is 0 Å². The van der Waals surface area contributed by atoms with Crippen molar-refractivity contribution < 1.29 is 17.6 Å². The first-order valence-electron chi connectivity index (χ1n) is 6.92. The van der Waals surface area contributed by atoms with E-state index in [9.17, 15) is 17.6 Å². The highest BCUT2D eigenvalue weighted by Gasteiger charge is 2.36. The lowest BCUT2D eigenvalue weighted by Gasteiger charge is -2.15. The fraction of sp³-hybridized carbons (Fsp3) is 0.188. The van der Waals surface area contributed by atoms with Crippen LogP contribution in [0.3, 0.4) is 0 Å². The molecular formula is C16H10ClF4N3. The van der Waals surface area contributed by atoms with Crippen molar-refractivity contribution >= 4 is 29.2 Å². The van der Waals surface area contributed by atoms with Crippen LogP contribution in [-0.4, -0.2) is 23.0 Å². The van der Waals surface area contributed by atoms with Crippen LogP contribution in [0.5, 0.6) is 0 Å². The molecule has 2 aromatic rings. The Bertz CT molecular complexity index is 859. The molecule has 0 N–H and O–H groups in total. The molecule has 1 atom stereocenters. The molecule has 0 bridgehead atoms. The van der Waals surface area contributed by atoms with Crippen molar-refractivity contribution in [3.8, 4) is 0 Å². The van der Waals surface area contributed by atoms with Gasteiger partial charge in [-0.05, 0) is 31.2 Å². The maximum atomic E-state index is 14.1. The minimum Gasteiger partial charge on any atom is -0.273 e. The third-order valence-corrected chi connectivity index (χ3v) is 3.80. The number of benzene rings is 1. The number of hydrogen-bond donors (Lipinski definition) is 0. The number of hydrogen-bond acceptors (Lipinski definition) is 3. The molecule has 0 radical (unpaired) electrons. The average molecular weight is 356 g/mol. The highest BCUT2D eigenvalue weighted by atomic mass is 35.5. The van der Waals surface area contributed by atoms with Gasteiger partial charge < -0.3 is 0 Å². The molecule has 0 aliphatic carbocycles. The van der Waals surface area contributed by atoms with Crippen LogP contribution in [0.4, 0.5) is 23.2 Å². The van der Waals surface area contributed by atoms with Crippen LogP contribution in [-0.2, 0) is 6.18 Å². The van der Waals surface area contributed by atoms with Gasteiger partial charge in [0, 0.05) is 18.0 Å². The van der Waals surface area contributed by atoms with Gasteiger partial charge in [-0.3, -0.25) is 15.0 Å². The maximum Gasteiger partial charge on any atom is 0.417 e. The smallest absolute Gasteiger partial charge is 0.273 e. The lowest BCUT2D eigenvalue weighted by molar-refractivity contribution is -0.137. The van der Waals surface area contributed by atoms with E-state index in [1.54, 1.807) is 6.92 Å². The molecule has 1 unspecified atom stereocenters. The number of pyridine rings is 1. The molecule has 8 heteroatoms. The fourth-order valence-electron chi connectivity index (χ4n) is 2.35. The molecule has 2 heterocycles. The fourth-order valence-corrected chi connectivity index (χ4v) is 2.70. The zero-order valence-electron chi connectivity index (χ0n) is 12.3. The summed E-state index contributed by atoms with van der Waals surface area (Å²) in [5.41, 5.74) is -1.15. The first-order valence-corrected chi connectivity index (χ1v) is 7.30. The second-order valence-electron chi connectivity index (χ2n) is 5.15. The van der Waals surface area contributed by atoms with Gasteiger partial charge in [0.1, 0.15) is 5.69 Å². The van der Waals surface area contributed by atoms with Crippen molar-refractivity contribution in [1.29, 1.82) is 0 Å². The summed E-state index contributed by atoms with van der Waals surface area (Å²) >= 11 is 6.00. The van der Waals surface area contributed by atoms with E-state index >= 15 is 0 Å². The Hall–Kier alpha value is -2.28. The topological polar surface area (TPSA) is 37.6 Å². The first-order chi connectivity index (χ1) is 11.3. The number of nitrogens with zero attached hydrogens (tertiary/aromatic N) is 3. The second kappa shape index (κ2) is 5.98. The number of fused-ring (bicyclic) bond motifs is 1. The quantitative estimate of drug-likeness (QED) is 0.675. The van der Waals surface area contributed by atoms with Crippen molar-refractivity contribution in [3.05, 3.63) is 58.1 Å². The predicted molar refractivity (Wildman–Crippen MR) is 83.9 cm³/mol. The lowest BCUT2D eigenvalue weighted by Crippen LogP contribution is -2.14. The number of alkyl halides is 3. The number of aromatic nitrogens is 1. The van der Waals surface area contributed by atoms with Crippen LogP contribution in [0.1, 0.15) is 23.7 Å².